The average Bonchev–Trinajstić information content (AvgIpc) is 2.83. The molecule has 0 radical (unpaired) electrons. The molecule has 5 nitrogen and oxygen atoms in total. The van der Waals surface area contributed by atoms with Gasteiger partial charge in [-0.3, -0.25) is 0 Å². The van der Waals surface area contributed by atoms with Gasteiger partial charge in [0.05, 0.1) is 5.52 Å². The van der Waals surface area contributed by atoms with Gasteiger partial charge >= 0.3 is 0 Å². The molecular formula is C11H9N5S. The number of nitrogen functional groups attached to an aromatic ring is 1. The number of rotatable bonds is 2. The Labute approximate surface area is 101 Å². The van der Waals surface area contributed by atoms with Crippen LogP contribution >= 0.6 is 11.3 Å². The molecule has 3 N–H and O–H groups in total. The van der Waals surface area contributed by atoms with Crippen molar-refractivity contribution in [3.8, 4) is 0 Å². The van der Waals surface area contributed by atoms with Crippen LogP contribution in [0.5, 0.6) is 0 Å². The van der Waals surface area contributed by atoms with Crippen LogP contribution in [0.3, 0.4) is 0 Å². The van der Waals surface area contributed by atoms with Crippen molar-refractivity contribution in [2.24, 2.45) is 0 Å². The minimum absolute atomic E-state index is 0.484. The molecule has 0 bridgehead atoms. The molecule has 2 heterocycles. The number of nitrogens with two attached hydrogens (primary N) is 1. The van der Waals surface area contributed by atoms with Gasteiger partial charge in [0.25, 0.3) is 0 Å². The van der Waals surface area contributed by atoms with Crippen LogP contribution in [0.2, 0.25) is 0 Å². The maximum absolute atomic E-state index is 5.81. The molecule has 0 aliphatic carbocycles. The normalized spacial score (nSPS) is 10.6. The third kappa shape index (κ3) is 1.90. The number of hydrogen-bond acceptors (Lipinski definition) is 6. The van der Waals surface area contributed by atoms with Crippen LogP contribution < -0.4 is 11.1 Å². The minimum atomic E-state index is 0.484. The molecule has 3 aromatic rings. The summed E-state index contributed by atoms with van der Waals surface area (Å²) < 4.78 is 0. The third-order valence-electron chi connectivity index (χ3n) is 2.35. The Morgan fingerprint density at radius 3 is 2.94 bits per heavy atom. The topological polar surface area (TPSA) is 76.7 Å². The molecule has 0 aliphatic rings. The number of nitrogens with zero attached hydrogens (tertiary/aromatic N) is 3. The fraction of sp³-hybridized carbons (Fsp3) is 0. The summed E-state index contributed by atoms with van der Waals surface area (Å²) in [6, 6.07) is 5.77. The molecule has 0 saturated carbocycles. The predicted molar refractivity (Wildman–Crippen MR) is 69.3 cm³/mol. The van der Waals surface area contributed by atoms with Gasteiger partial charge in [0.15, 0.2) is 5.13 Å². The van der Waals surface area contributed by atoms with E-state index in [1.165, 1.54) is 6.33 Å². The van der Waals surface area contributed by atoms with E-state index in [0.29, 0.717) is 5.82 Å². The van der Waals surface area contributed by atoms with Crippen molar-refractivity contribution in [2.45, 2.75) is 0 Å². The molecular weight excluding hydrogens is 234 g/mol. The lowest BCUT2D eigenvalue weighted by Crippen LogP contribution is -1.95. The van der Waals surface area contributed by atoms with E-state index in [2.05, 4.69) is 20.3 Å². The first-order valence-corrected chi connectivity index (χ1v) is 5.87. The Hall–Kier alpha value is -2.21. The van der Waals surface area contributed by atoms with Gasteiger partial charge in [-0.2, -0.15) is 0 Å². The fourth-order valence-electron chi connectivity index (χ4n) is 1.56. The van der Waals surface area contributed by atoms with Crippen LogP contribution in [0, 0.1) is 0 Å². The quantitative estimate of drug-likeness (QED) is 0.722. The number of anilines is 3. The van der Waals surface area contributed by atoms with Gasteiger partial charge in [-0.25, -0.2) is 15.0 Å². The molecule has 2 aromatic heterocycles. The highest BCUT2D eigenvalue weighted by Gasteiger charge is 2.02. The van der Waals surface area contributed by atoms with Crippen molar-refractivity contribution in [2.75, 3.05) is 11.1 Å². The lowest BCUT2D eigenvalue weighted by molar-refractivity contribution is 1.23. The smallest absolute Gasteiger partial charge is 0.187 e. The molecule has 0 atom stereocenters. The first kappa shape index (κ1) is 9.98. The largest absolute Gasteiger partial charge is 0.383 e. The van der Waals surface area contributed by atoms with E-state index in [1.54, 1.807) is 17.5 Å². The highest BCUT2D eigenvalue weighted by molar-refractivity contribution is 7.13. The molecule has 3 rings (SSSR count). The summed E-state index contributed by atoms with van der Waals surface area (Å²) >= 11 is 1.54. The van der Waals surface area contributed by atoms with Crippen LogP contribution in [0.15, 0.2) is 36.1 Å². The number of fused-ring (bicyclic) bond motifs is 1. The van der Waals surface area contributed by atoms with Gasteiger partial charge in [0.2, 0.25) is 0 Å². The molecule has 0 spiro atoms. The summed E-state index contributed by atoms with van der Waals surface area (Å²) in [5.41, 5.74) is 7.57. The zero-order valence-corrected chi connectivity index (χ0v) is 9.61. The Morgan fingerprint density at radius 1 is 1.18 bits per heavy atom. The SMILES string of the molecule is Nc1ncnc2ccc(Nc3nccs3)cc12. The molecule has 1 aromatic carbocycles. The van der Waals surface area contributed by atoms with Crippen LogP contribution in [-0.2, 0) is 0 Å². The van der Waals surface area contributed by atoms with E-state index >= 15 is 0 Å². The maximum atomic E-state index is 5.81. The van der Waals surface area contributed by atoms with Crippen LogP contribution in [0.25, 0.3) is 10.9 Å². The molecule has 84 valence electrons. The molecule has 17 heavy (non-hydrogen) atoms. The van der Waals surface area contributed by atoms with Crippen molar-refractivity contribution >= 4 is 38.9 Å². The second-order valence-corrected chi connectivity index (χ2v) is 4.35. The highest BCUT2D eigenvalue weighted by atomic mass is 32.1. The predicted octanol–water partition coefficient (Wildman–Crippen LogP) is 2.41. The van der Waals surface area contributed by atoms with Gasteiger partial charge in [0, 0.05) is 22.7 Å². The summed E-state index contributed by atoms with van der Waals surface area (Å²) in [6.45, 7) is 0. The van der Waals surface area contributed by atoms with Gasteiger partial charge in [-0.1, -0.05) is 0 Å². The minimum Gasteiger partial charge on any atom is -0.383 e. The lowest BCUT2D eigenvalue weighted by atomic mass is 10.2. The van der Waals surface area contributed by atoms with Gasteiger partial charge in [-0.15, -0.1) is 11.3 Å². The second kappa shape index (κ2) is 3.99. The second-order valence-electron chi connectivity index (χ2n) is 3.45. The average molecular weight is 243 g/mol. The first-order valence-electron chi connectivity index (χ1n) is 5.00. The molecule has 6 heteroatoms. The molecule has 0 fully saturated rings. The Balaban J connectivity index is 2.04. The van der Waals surface area contributed by atoms with Gasteiger partial charge < -0.3 is 11.1 Å². The summed E-state index contributed by atoms with van der Waals surface area (Å²) in [7, 11) is 0. The number of nitrogens with one attached hydrogen (secondary N) is 1. The van der Waals surface area contributed by atoms with E-state index in [0.717, 1.165) is 21.7 Å². The van der Waals surface area contributed by atoms with Crippen molar-refractivity contribution < 1.29 is 0 Å². The first-order chi connectivity index (χ1) is 8.33. The Morgan fingerprint density at radius 2 is 2.12 bits per heavy atom. The van der Waals surface area contributed by atoms with E-state index in [9.17, 15) is 0 Å². The zero-order valence-electron chi connectivity index (χ0n) is 8.79. The molecule has 0 unspecified atom stereocenters. The lowest BCUT2D eigenvalue weighted by Gasteiger charge is -2.05. The Bertz CT molecular complexity index is 650. The number of hydrogen-bond donors (Lipinski definition) is 2. The van der Waals surface area contributed by atoms with Gasteiger partial charge in [-0.05, 0) is 18.2 Å². The van der Waals surface area contributed by atoms with Crippen LogP contribution in [-0.4, -0.2) is 15.0 Å². The molecule has 0 saturated heterocycles. The summed E-state index contributed by atoms with van der Waals surface area (Å²) in [4.78, 5) is 12.3. The van der Waals surface area contributed by atoms with E-state index in [-0.39, 0.29) is 0 Å². The van der Waals surface area contributed by atoms with Crippen molar-refractivity contribution in [1.82, 2.24) is 15.0 Å². The summed E-state index contributed by atoms with van der Waals surface area (Å²) in [5.74, 6) is 0.484. The highest BCUT2D eigenvalue weighted by Crippen LogP contribution is 2.24. The monoisotopic (exact) mass is 243 g/mol. The van der Waals surface area contributed by atoms with E-state index in [4.69, 9.17) is 5.73 Å². The summed E-state index contributed by atoms with van der Waals surface area (Å²) in [6.07, 6.45) is 3.22. The zero-order chi connectivity index (χ0) is 11.7. The van der Waals surface area contributed by atoms with Crippen LogP contribution in [0.4, 0.5) is 16.6 Å². The van der Waals surface area contributed by atoms with Crippen molar-refractivity contribution in [3.63, 3.8) is 0 Å². The van der Waals surface area contributed by atoms with Gasteiger partial charge in [0.1, 0.15) is 12.1 Å². The number of benzene rings is 1. The van der Waals surface area contributed by atoms with Crippen molar-refractivity contribution in [3.05, 3.63) is 36.1 Å². The van der Waals surface area contributed by atoms with E-state index < -0.39 is 0 Å². The van der Waals surface area contributed by atoms with E-state index in [1.807, 2.05) is 23.6 Å². The number of aromatic nitrogens is 3. The Kier molecular flexibility index (Phi) is 2.34. The van der Waals surface area contributed by atoms with Crippen molar-refractivity contribution in [1.29, 1.82) is 0 Å². The number of thiazole rings is 1. The summed E-state index contributed by atoms with van der Waals surface area (Å²) in [5, 5.41) is 6.81. The standard InChI is InChI=1S/C11H9N5S/c12-10-8-5-7(16-11-13-3-4-17-11)1-2-9(8)14-6-15-10/h1-6H,(H,13,16)(H2,12,14,15). The fourth-order valence-corrected chi connectivity index (χ4v) is 2.11. The van der Waals surface area contributed by atoms with Crippen LogP contribution in [0.1, 0.15) is 0 Å². The molecule has 0 aliphatic heterocycles. The maximum Gasteiger partial charge on any atom is 0.187 e. The third-order valence-corrected chi connectivity index (χ3v) is 3.04. The molecule has 0 amide bonds.